The van der Waals surface area contributed by atoms with Crippen LogP contribution in [0.25, 0.3) is 5.57 Å². The summed E-state index contributed by atoms with van der Waals surface area (Å²) in [6.07, 6.45) is 4.68. The first-order chi connectivity index (χ1) is 7.72. The van der Waals surface area contributed by atoms with Gasteiger partial charge in [-0.3, -0.25) is 4.99 Å². The van der Waals surface area contributed by atoms with Gasteiger partial charge in [0.05, 0.1) is 17.2 Å². The van der Waals surface area contributed by atoms with E-state index in [0.717, 1.165) is 24.3 Å². The molecule has 0 amide bonds. The standard InChI is InChI=1S/C12H11Cl2NO/c1-16-12-7-11(14)10(13)6-9(12)8-2-4-15-5-3-8/h2,4,6-7H,3,5H2,1H3. The normalized spacial score (nSPS) is 14.8. The van der Waals surface area contributed by atoms with E-state index in [1.807, 2.05) is 12.1 Å². The number of rotatable bonds is 2. The zero-order valence-electron chi connectivity index (χ0n) is 8.84. The van der Waals surface area contributed by atoms with E-state index in [1.165, 1.54) is 5.57 Å². The van der Waals surface area contributed by atoms with Crippen LogP contribution in [0, 0.1) is 0 Å². The van der Waals surface area contributed by atoms with Crippen molar-refractivity contribution in [3.8, 4) is 5.75 Å². The predicted molar refractivity (Wildman–Crippen MR) is 69.0 cm³/mol. The molecule has 0 aromatic heterocycles. The molecule has 0 radical (unpaired) electrons. The molecule has 84 valence electrons. The fraction of sp³-hybridized carbons (Fsp3) is 0.250. The summed E-state index contributed by atoms with van der Waals surface area (Å²) < 4.78 is 5.31. The first-order valence-corrected chi connectivity index (χ1v) is 5.70. The van der Waals surface area contributed by atoms with Crippen LogP contribution in [0.5, 0.6) is 5.75 Å². The molecule has 0 spiro atoms. The SMILES string of the molecule is COc1cc(Cl)c(Cl)cc1C1=CC=NCC1. The van der Waals surface area contributed by atoms with Gasteiger partial charge in [0.1, 0.15) is 5.75 Å². The molecule has 2 nitrogen and oxygen atoms in total. The third-order valence-electron chi connectivity index (χ3n) is 2.48. The van der Waals surface area contributed by atoms with Crippen LogP contribution in [0.3, 0.4) is 0 Å². The third kappa shape index (κ3) is 2.23. The molecule has 0 saturated heterocycles. The second kappa shape index (κ2) is 4.89. The van der Waals surface area contributed by atoms with Crippen LogP contribution in [0.4, 0.5) is 0 Å². The van der Waals surface area contributed by atoms with Crippen molar-refractivity contribution in [2.75, 3.05) is 13.7 Å². The van der Waals surface area contributed by atoms with Crippen molar-refractivity contribution in [2.24, 2.45) is 4.99 Å². The lowest BCUT2D eigenvalue weighted by Gasteiger charge is -2.14. The highest BCUT2D eigenvalue weighted by Crippen LogP contribution is 2.35. The molecule has 0 bridgehead atoms. The van der Waals surface area contributed by atoms with Gasteiger partial charge in [0.25, 0.3) is 0 Å². The molecule has 2 rings (SSSR count). The number of methoxy groups -OCH3 is 1. The van der Waals surface area contributed by atoms with Crippen LogP contribution in [-0.4, -0.2) is 19.9 Å². The average Bonchev–Trinajstić information content (AvgIpc) is 2.33. The largest absolute Gasteiger partial charge is 0.496 e. The monoisotopic (exact) mass is 255 g/mol. The molecular formula is C12H11Cl2NO. The van der Waals surface area contributed by atoms with Gasteiger partial charge in [-0.25, -0.2) is 0 Å². The first kappa shape index (κ1) is 11.5. The van der Waals surface area contributed by atoms with E-state index in [9.17, 15) is 0 Å². The minimum Gasteiger partial charge on any atom is -0.496 e. The molecule has 1 aromatic carbocycles. The summed E-state index contributed by atoms with van der Waals surface area (Å²) in [6, 6.07) is 3.58. The molecule has 1 aliphatic heterocycles. The molecule has 0 fully saturated rings. The van der Waals surface area contributed by atoms with Crippen molar-refractivity contribution in [2.45, 2.75) is 6.42 Å². The Hall–Kier alpha value is -0.990. The van der Waals surface area contributed by atoms with Gasteiger partial charge < -0.3 is 4.74 Å². The van der Waals surface area contributed by atoms with Gasteiger partial charge >= 0.3 is 0 Å². The van der Waals surface area contributed by atoms with Gasteiger partial charge in [-0.05, 0) is 24.1 Å². The van der Waals surface area contributed by atoms with Gasteiger partial charge in [-0.1, -0.05) is 23.2 Å². The molecule has 0 saturated carbocycles. The van der Waals surface area contributed by atoms with Crippen molar-refractivity contribution >= 4 is 35.0 Å². The number of hydrogen-bond donors (Lipinski definition) is 0. The van der Waals surface area contributed by atoms with Crippen LogP contribution in [0.1, 0.15) is 12.0 Å². The number of aliphatic imine (C=N–C) groups is 1. The molecule has 1 aliphatic rings. The maximum absolute atomic E-state index is 6.01. The Morgan fingerprint density at radius 2 is 2.00 bits per heavy atom. The van der Waals surface area contributed by atoms with E-state index in [2.05, 4.69) is 4.99 Å². The average molecular weight is 256 g/mol. The van der Waals surface area contributed by atoms with Crippen LogP contribution < -0.4 is 4.74 Å². The number of hydrogen-bond acceptors (Lipinski definition) is 2. The van der Waals surface area contributed by atoms with E-state index in [-0.39, 0.29) is 0 Å². The fourth-order valence-corrected chi connectivity index (χ4v) is 1.98. The lowest BCUT2D eigenvalue weighted by molar-refractivity contribution is 0.413. The molecule has 0 aliphatic carbocycles. The number of halogens is 2. The lowest BCUT2D eigenvalue weighted by atomic mass is 10.0. The number of nitrogens with zero attached hydrogens (tertiary/aromatic N) is 1. The summed E-state index contributed by atoms with van der Waals surface area (Å²) in [5, 5.41) is 1.05. The summed E-state index contributed by atoms with van der Waals surface area (Å²) in [5.74, 6) is 0.746. The maximum Gasteiger partial charge on any atom is 0.127 e. The van der Waals surface area contributed by atoms with Gasteiger partial charge in [-0.2, -0.15) is 0 Å². The maximum atomic E-state index is 6.01. The van der Waals surface area contributed by atoms with Crippen LogP contribution in [-0.2, 0) is 0 Å². The molecule has 0 N–H and O–H groups in total. The molecule has 4 heteroatoms. The molecule has 0 atom stereocenters. The summed E-state index contributed by atoms with van der Waals surface area (Å²) in [6.45, 7) is 0.801. The number of ether oxygens (including phenoxy) is 1. The van der Waals surface area contributed by atoms with Crippen molar-refractivity contribution in [3.63, 3.8) is 0 Å². The van der Waals surface area contributed by atoms with Gasteiger partial charge in [-0.15, -0.1) is 0 Å². The van der Waals surface area contributed by atoms with Crippen molar-refractivity contribution in [1.82, 2.24) is 0 Å². The zero-order chi connectivity index (χ0) is 11.5. The smallest absolute Gasteiger partial charge is 0.127 e. The predicted octanol–water partition coefficient (Wildman–Crippen LogP) is 3.86. The molecule has 1 heterocycles. The summed E-state index contributed by atoms with van der Waals surface area (Å²) in [5.41, 5.74) is 2.16. The van der Waals surface area contributed by atoms with E-state index < -0.39 is 0 Å². The van der Waals surface area contributed by atoms with Crippen molar-refractivity contribution in [1.29, 1.82) is 0 Å². The molecule has 16 heavy (non-hydrogen) atoms. The number of benzene rings is 1. The third-order valence-corrected chi connectivity index (χ3v) is 3.20. The Morgan fingerprint density at radius 3 is 2.62 bits per heavy atom. The van der Waals surface area contributed by atoms with E-state index in [1.54, 1.807) is 19.4 Å². The highest BCUT2D eigenvalue weighted by Gasteiger charge is 2.12. The lowest BCUT2D eigenvalue weighted by Crippen LogP contribution is -1.97. The Balaban J connectivity index is 2.50. The topological polar surface area (TPSA) is 21.6 Å². The summed E-state index contributed by atoms with van der Waals surface area (Å²) in [4.78, 5) is 4.15. The minimum absolute atomic E-state index is 0.507. The highest BCUT2D eigenvalue weighted by atomic mass is 35.5. The minimum atomic E-state index is 0.507. The highest BCUT2D eigenvalue weighted by molar-refractivity contribution is 6.42. The fourth-order valence-electron chi connectivity index (χ4n) is 1.66. The number of allylic oxidation sites excluding steroid dienone is 1. The first-order valence-electron chi connectivity index (χ1n) is 4.95. The summed E-state index contributed by atoms with van der Waals surface area (Å²) >= 11 is 12.0. The van der Waals surface area contributed by atoms with Crippen LogP contribution >= 0.6 is 23.2 Å². The van der Waals surface area contributed by atoms with Crippen LogP contribution in [0.2, 0.25) is 10.0 Å². The number of dihydropyridines is 1. The summed E-state index contributed by atoms with van der Waals surface area (Å²) in [7, 11) is 1.63. The van der Waals surface area contributed by atoms with Gasteiger partial charge in [0.2, 0.25) is 0 Å². The van der Waals surface area contributed by atoms with E-state index in [0.29, 0.717) is 10.0 Å². The molecular weight excluding hydrogens is 245 g/mol. The Labute approximate surface area is 105 Å². The van der Waals surface area contributed by atoms with E-state index in [4.69, 9.17) is 27.9 Å². The second-order valence-corrected chi connectivity index (χ2v) is 4.28. The second-order valence-electron chi connectivity index (χ2n) is 3.46. The van der Waals surface area contributed by atoms with Crippen molar-refractivity contribution in [3.05, 3.63) is 33.8 Å². The molecule has 0 unspecified atom stereocenters. The zero-order valence-corrected chi connectivity index (χ0v) is 10.3. The molecule has 1 aromatic rings. The van der Waals surface area contributed by atoms with Crippen LogP contribution in [0.15, 0.2) is 23.2 Å². The Morgan fingerprint density at radius 1 is 1.25 bits per heavy atom. The van der Waals surface area contributed by atoms with Gasteiger partial charge in [0.15, 0.2) is 0 Å². The van der Waals surface area contributed by atoms with Crippen molar-refractivity contribution < 1.29 is 4.74 Å². The Bertz CT molecular complexity index is 466. The Kier molecular flexibility index (Phi) is 3.52. The quantitative estimate of drug-likeness (QED) is 0.787. The van der Waals surface area contributed by atoms with Gasteiger partial charge in [0, 0.05) is 24.4 Å². The van der Waals surface area contributed by atoms with E-state index >= 15 is 0 Å².